The topological polar surface area (TPSA) is 58.8 Å². The van der Waals surface area contributed by atoms with Gasteiger partial charge >= 0.3 is 0 Å². The van der Waals surface area contributed by atoms with E-state index in [2.05, 4.69) is 11.0 Å². The van der Waals surface area contributed by atoms with Crippen molar-refractivity contribution in [1.29, 1.82) is 0 Å². The van der Waals surface area contributed by atoms with Crippen LogP contribution in [0, 0.1) is 0 Å². The van der Waals surface area contributed by atoms with Crippen molar-refractivity contribution in [2.45, 2.75) is 6.54 Å². The number of hydrogen-bond acceptors (Lipinski definition) is 7. The molecule has 30 heavy (non-hydrogen) atoms. The first-order chi connectivity index (χ1) is 14.7. The number of carbonyl (C=O) groups excluding carboxylic acids is 1. The number of anilines is 1. The van der Waals surface area contributed by atoms with Crippen molar-refractivity contribution in [3.05, 3.63) is 65.0 Å². The van der Waals surface area contributed by atoms with Crippen LogP contribution in [0.25, 0.3) is 17.0 Å². The van der Waals surface area contributed by atoms with Crippen LogP contribution in [0.1, 0.15) is 11.3 Å². The molecule has 2 aliphatic heterocycles. The highest BCUT2D eigenvalue weighted by Crippen LogP contribution is 2.36. The minimum absolute atomic E-state index is 0.109. The largest absolute Gasteiger partial charge is 0.467 e. The molecule has 4 heterocycles. The zero-order valence-electron chi connectivity index (χ0n) is 16.1. The quantitative estimate of drug-likeness (QED) is 0.450. The number of fused-ring (bicyclic) bond motifs is 1. The molecule has 1 amide bonds. The number of benzene rings is 1. The zero-order chi connectivity index (χ0) is 20.5. The fourth-order valence-electron chi connectivity index (χ4n) is 3.59. The van der Waals surface area contributed by atoms with Crippen LogP contribution in [0.2, 0.25) is 0 Å². The van der Waals surface area contributed by atoms with Crippen LogP contribution >= 0.6 is 24.0 Å². The second-order valence-corrected chi connectivity index (χ2v) is 8.72. The summed E-state index contributed by atoms with van der Waals surface area (Å²) in [4.78, 5) is 22.3. The first kappa shape index (κ1) is 19.3. The van der Waals surface area contributed by atoms with Gasteiger partial charge in [-0.1, -0.05) is 42.2 Å². The maximum Gasteiger partial charge on any atom is 0.266 e. The molecule has 2 fully saturated rings. The minimum Gasteiger partial charge on any atom is -0.467 e. The summed E-state index contributed by atoms with van der Waals surface area (Å²) in [6, 6.07) is 13.7. The SMILES string of the molecule is O=C1/C(=C\c2cc3ccccc3nc2N2CCOCC2)SC(=S)N1Cc1ccco1. The maximum atomic E-state index is 13.1. The highest BCUT2D eigenvalue weighted by Gasteiger charge is 2.33. The van der Waals surface area contributed by atoms with E-state index in [9.17, 15) is 4.79 Å². The summed E-state index contributed by atoms with van der Waals surface area (Å²) in [6.07, 6.45) is 3.50. The number of morpholine rings is 1. The summed E-state index contributed by atoms with van der Waals surface area (Å²) in [7, 11) is 0. The second kappa shape index (κ2) is 8.22. The molecule has 0 atom stereocenters. The molecule has 2 saturated heterocycles. The van der Waals surface area contributed by atoms with E-state index in [-0.39, 0.29) is 5.91 Å². The number of nitrogens with zero attached hydrogens (tertiary/aromatic N) is 3. The number of furan rings is 1. The summed E-state index contributed by atoms with van der Waals surface area (Å²) < 4.78 is 11.4. The number of amides is 1. The number of aromatic nitrogens is 1. The molecular weight excluding hydrogens is 418 g/mol. The van der Waals surface area contributed by atoms with Crippen LogP contribution in [-0.2, 0) is 16.1 Å². The Morgan fingerprint density at radius 3 is 2.80 bits per heavy atom. The number of pyridine rings is 1. The van der Waals surface area contributed by atoms with Crippen molar-refractivity contribution in [1.82, 2.24) is 9.88 Å². The predicted molar refractivity (Wildman–Crippen MR) is 122 cm³/mol. The Morgan fingerprint density at radius 1 is 1.17 bits per heavy atom. The monoisotopic (exact) mass is 437 g/mol. The molecule has 0 aliphatic carbocycles. The van der Waals surface area contributed by atoms with Crippen molar-refractivity contribution >= 4 is 57.0 Å². The van der Waals surface area contributed by atoms with Gasteiger partial charge in [-0.3, -0.25) is 9.69 Å². The number of hydrogen-bond donors (Lipinski definition) is 0. The fourth-order valence-corrected chi connectivity index (χ4v) is 4.84. The molecule has 2 aromatic heterocycles. The molecule has 8 heteroatoms. The van der Waals surface area contributed by atoms with E-state index in [0.717, 1.165) is 35.4 Å². The van der Waals surface area contributed by atoms with Crippen molar-refractivity contribution in [2.75, 3.05) is 31.2 Å². The van der Waals surface area contributed by atoms with E-state index in [0.29, 0.717) is 34.7 Å². The van der Waals surface area contributed by atoms with Gasteiger partial charge < -0.3 is 14.1 Å². The number of para-hydroxylation sites is 1. The highest BCUT2D eigenvalue weighted by molar-refractivity contribution is 8.26. The molecule has 0 radical (unpaired) electrons. The zero-order valence-corrected chi connectivity index (χ0v) is 17.7. The number of ether oxygens (including phenoxy) is 1. The molecule has 0 bridgehead atoms. The summed E-state index contributed by atoms with van der Waals surface area (Å²) >= 11 is 6.78. The lowest BCUT2D eigenvalue weighted by Gasteiger charge is -2.29. The molecule has 1 aromatic carbocycles. The van der Waals surface area contributed by atoms with Crippen molar-refractivity contribution in [2.24, 2.45) is 0 Å². The Balaban J connectivity index is 1.52. The van der Waals surface area contributed by atoms with Gasteiger partial charge in [-0.15, -0.1) is 0 Å². The van der Waals surface area contributed by atoms with Crippen LogP contribution < -0.4 is 4.90 Å². The standard InChI is InChI=1S/C22H19N3O3S2/c26-21-19(30-22(29)25(21)14-17-5-3-9-28-17)13-16-12-15-4-1-2-6-18(15)23-20(16)24-7-10-27-11-8-24/h1-6,9,12-13H,7-8,10-11,14H2/b19-13+. The molecule has 3 aromatic rings. The van der Waals surface area contributed by atoms with Crippen LogP contribution in [-0.4, -0.2) is 46.4 Å². The first-order valence-corrected chi connectivity index (χ1v) is 10.9. The summed E-state index contributed by atoms with van der Waals surface area (Å²) in [5.74, 6) is 1.46. The number of carbonyl (C=O) groups is 1. The molecular formula is C22H19N3O3S2. The van der Waals surface area contributed by atoms with Crippen LogP contribution in [0.5, 0.6) is 0 Å². The first-order valence-electron chi connectivity index (χ1n) is 9.69. The Labute approximate surface area is 183 Å². The van der Waals surface area contributed by atoms with Crippen LogP contribution in [0.3, 0.4) is 0 Å². The van der Waals surface area contributed by atoms with Gasteiger partial charge in [0.25, 0.3) is 5.91 Å². The Kier molecular flexibility index (Phi) is 5.28. The third-order valence-corrected chi connectivity index (χ3v) is 6.47. The summed E-state index contributed by atoms with van der Waals surface area (Å²) in [5.41, 5.74) is 1.84. The smallest absolute Gasteiger partial charge is 0.266 e. The molecule has 0 N–H and O–H groups in total. The minimum atomic E-state index is -0.109. The van der Waals surface area contributed by atoms with E-state index in [1.54, 1.807) is 17.2 Å². The Hall–Kier alpha value is -2.68. The third kappa shape index (κ3) is 3.74. The van der Waals surface area contributed by atoms with Crippen molar-refractivity contribution in [3.8, 4) is 0 Å². The highest BCUT2D eigenvalue weighted by atomic mass is 32.2. The van der Waals surface area contributed by atoms with Gasteiger partial charge in [-0.05, 0) is 30.3 Å². The van der Waals surface area contributed by atoms with Crippen molar-refractivity contribution in [3.63, 3.8) is 0 Å². The van der Waals surface area contributed by atoms with E-state index in [4.69, 9.17) is 26.4 Å². The maximum absolute atomic E-state index is 13.1. The molecule has 0 spiro atoms. The van der Waals surface area contributed by atoms with Gasteiger partial charge in [0.2, 0.25) is 0 Å². The van der Waals surface area contributed by atoms with Gasteiger partial charge in [-0.2, -0.15) is 0 Å². The van der Waals surface area contributed by atoms with Gasteiger partial charge in [0.15, 0.2) is 0 Å². The third-order valence-electron chi connectivity index (χ3n) is 5.10. The lowest BCUT2D eigenvalue weighted by Crippen LogP contribution is -2.37. The van der Waals surface area contributed by atoms with Gasteiger partial charge in [0.1, 0.15) is 15.9 Å². The Morgan fingerprint density at radius 2 is 2.00 bits per heavy atom. The summed E-state index contributed by atoms with van der Waals surface area (Å²) in [6.45, 7) is 3.21. The van der Waals surface area contributed by atoms with E-state index < -0.39 is 0 Å². The average Bonchev–Trinajstić information content (AvgIpc) is 3.38. The van der Waals surface area contributed by atoms with Crippen LogP contribution in [0.15, 0.2) is 58.1 Å². The molecule has 0 unspecified atom stereocenters. The van der Waals surface area contributed by atoms with E-state index >= 15 is 0 Å². The molecule has 2 aliphatic rings. The summed E-state index contributed by atoms with van der Waals surface area (Å²) in [5, 5.41) is 1.03. The van der Waals surface area contributed by atoms with Gasteiger partial charge in [0.05, 0.1) is 36.4 Å². The predicted octanol–water partition coefficient (Wildman–Crippen LogP) is 4.07. The molecule has 0 saturated carbocycles. The molecule has 5 rings (SSSR count). The normalized spacial score (nSPS) is 18.7. The fraction of sp³-hybridized carbons (Fsp3) is 0.227. The Bertz CT molecular complexity index is 1140. The number of thioether (sulfide) groups is 1. The second-order valence-electron chi connectivity index (χ2n) is 7.04. The average molecular weight is 438 g/mol. The van der Waals surface area contributed by atoms with E-state index in [1.165, 1.54) is 11.8 Å². The molecule has 152 valence electrons. The van der Waals surface area contributed by atoms with Gasteiger partial charge in [0, 0.05) is 24.0 Å². The van der Waals surface area contributed by atoms with Gasteiger partial charge in [-0.25, -0.2) is 4.98 Å². The lowest BCUT2D eigenvalue weighted by molar-refractivity contribution is -0.122. The van der Waals surface area contributed by atoms with E-state index in [1.807, 2.05) is 36.4 Å². The lowest BCUT2D eigenvalue weighted by atomic mass is 10.1. The van der Waals surface area contributed by atoms with Crippen LogP contribution in [0.4, 0.5) is 5.82 Å². The van der Waals surface area contributed by atoms with Crippen molar-refractivity contribution < 1.29 is 13.9 Å². The number of thiocarbonyl (C=S) groups is 1. The molecule has 6 nitrogen and oxygen atoms in total. The number of rotatable bonds is 4.